The molecule has 0 spiro atoms. The molecule has 1 heterocycles. The van der Waals surface area contributed by atoms with E-state index < -0.39 is 0 Å². The van der Waals surface area contributed by atoms with Crippen LogP contribution in [0.15, 0.2) is 35.7 Å². The highest BCUT2D eigenvalue weighted by Gasteiger charge is 2.24. The monoisotopic (exact) mass is 317 g/mol. The molecule has 0 aliphatic rings. The topological polar surface area (TPSA) is 59.2 Å². The molecular formula is C17H23N3OS. The summed E-state index contributed by atoms with van der Waals surface area (Å²) in [7, 11) is 0. The normalized spacial score (nSPS) is 12.1. The zero-order chi connectivity index (χ0) is 15.9. The quantitative estimate of drug-likeness (QED) is 0.853. The van der Waals surface area contributed by atoms with Gasteiger partial charge in [-0.15, -0.1) is 11.3 Å². The number of rotatable bonds is 7. The van der Waals surface area contributed by atoms with Crippen molar-refractivity contribution in [1.82, 2.24) is 9.88 Å². The summed E-state index contributed by atoms with van der Waals surface area (Å²) < 4.78 is 0. The molecule has 4 nitrogen and oxygen atoms in total. The van der Waals surface area contributed by atoms with Gasteiger partial charge in [-0.25, -0.2) is 4.98 Å². The average Bonchev–Trinajstić information content (AvgIpc) is 3.04. The standard InChI is InChI=1S/C17H23N3OS/c1-3-14(10-13-8-6-5-7-9-13)20(4-2)17(21)15-12-22-16(11-18)19-15/h5-9,12,14H,3-4,10-11,18H2,1-2H3. The molecule has 5 heteroatoms. The summed E-state index contributed by atoms with van der Waals surface area (Å²) in [6, 6.07) is 10.5. The van der Waals surface area contributed by atoms with Gasteiger partial charge in [-0.2, -0.15) is 0 Å². The number of carbonyl (C=O) groups is 1. The molecule has 0 radical (unpaired) electrons. The zero-order valence-electron chi connectivity index (χ0n) is 13.2. The fraction of sp³-hybridized carbons (Fsp3) is 0.412. The summed E-state index contributed by atoms with van der Waals surface area (Å²) in [4.78, 5) is 19.0. The van der Waals surface area contributed by atoms with Crippen molar-refractivity contribution in [3.05, 3.63) is 52.0 Å². The van der Waals surface area contributed by atoms with E-state index in [2.05, 4.69) is 24.0 Å². The smallest absolute Gasteiger partial charge is 0.273 e. The number of hydrogen-bond donors (Lipinski definition) is 1. The largest absolute Gasteiger partial charge is 0.334 e. The Balaban J connectivity index is 2.15. The molecule has 0 aliphatic heterocycles. The molecule has 0 saturated carbocycles. The van der Waals surface area contributed by atoms with E-state index in [1.807, 2.05) is 35.4 Å². The highest BCUT2D eigenvalue weighted by Crippen LogP contribution is 2.17. The first-order valence-electron chi connectivity index (χ1n) is 7.68. The molecule has 1 aromatic heterocycles. The molecule has 0 aliphatic carbocycles. The summed E-state index contributed by atoms with van der Waals surface area (Å²) in [6.07, 6.45) is 1.78. The molecule has 2 rings (SSSR count). The van der Waals surface area contributed by atoms with Gasteiger partial charge in [-0.05, 0) is 25.3 Å². The van der Waals surface area contributed by atoms with Crippen molar-refractivity contribution in [2.75, 3.05) is 6.54 Å². The van der Waals surface area contributed by atoms with Gasteiger partial charge in [0.1, 0.15) is 10.7 Å². The second-order valence-corrected chi connectivity index (χ2v) is 6.12. The lowest BCUT2D eigenvalue weighted by Gasteiger charge is -2.30. The van der Waals surface area contributed by atoms with Gasteiger partial charge in [-0.1, -0.05) is 37.3 Å². The van der Waals surface area contributed by atoms with E-state index in [0.717, 1.165) is 17.8 Å². The van der Waals surface area contributed by atoms with E-state index in [1.54, 1.807) is 0 Å². The van der Waals surface area contributed by atoms with Gasteiger partial charge in [0.2, 0.25) is 0 Å². The van der Waals surface area contributed by atoms with Crippen LogP contribution in [0, 0.1) is 0 Å². The molecule has 1 amide bonds. The van der Waals surface area contributed by atoms with Crippen molar-refractivity contribution < 1.29 is 4.79 Å². The lowest BCUT2D eigenvalue weighted by Crippen LogP contribution is -2.41. The number of hydrogen-bond acceptors (Lipinski definition) is 4. The predicted octanol–water partition coefficient (Wildman–Crippen LogP) is 3.09. The van der Waals surface area contributed by atoms with Gasteiger partial charge in [0, 0.05) is 24.5 Å². The minimum Gasteiger partial charge on any atom is -0.334 e. The van der Waals surface area contributed by atoms with Gasteiger partial charge >= 0.3 is 0 Å². The van der Waals surface area contributed by atoms with E-state index in [9.17, 15) is 4.79 Å². The average molecular weight is 317 g/mol. The van der Waals surface area contributed by atoms with Gasteiger partial charge in [0.25, 0.3) is 5.91 Å². The van der Waals surface area contributed by atoms with Crippen LogP contribution in [-0.2, 0) is 13.0 Å². The Kier molecular flexibility index (Phi) is 6.10. The minimum atomic E-state index is 0.00114. The summed E-state index contributed by atoms with van der Waals surface area (Å²) in [5.41, 5.74) is 7.35. The molecule has 2 N–H and O–H groups in total. The fourth-order valence-corrected chi connectivity index (χ4v) is 3.23. The number of aromatic nitrogens is 1. The number of benzene rings is 1. The maximum Gasteiger partial charge on any atom is 0.273 e. The second kappa shape index (κ2) is 8.06. The van der Waals surface area contributed by atoms with Crippen LogP contribution in [-0.4, -0.2) is 28.4 Å². The number of amides is 1. The van der Waals surface area contributed by atoms with Crippen molar-refractivity contribution >= 4 is 17.2 Å². The Hall–Kier alpha value is -1.72. The molecule has 1 atom stereocenters. The SMILES string of the molecule is CCC(Cc1ccccc1)N(CC)C(=O)c1csc(CN)n1. The first-order valence-corrected chi connectivity index (χ1v) is 8.56. The number of thiazole rings is 1. The van der Waals surface area contributed by atoms with Crippen LogP contribution >= 0.6 is 11.3 Å². The fourth-order valence-electron chi connectivity index (χ4n) is 2.58. The van der Waals surface area contributed by atoms with E-state index in [4.69, 9.17) is 5.73 Å². The molecule has 0 fully saturated rings. The van der Waals surface area contributed by atoms with Gasteiger partial charge in [0.15, 0.2) is 0 Å². The Morgan fingerprint density at radius 3 is 2.59 bits per heavy atom. The third-order valence-corrected chi connectivity index (χ3v) is 4.64. The predicted molar refractivity (Wildman–Crippen MR) is 90.9 cm³/mol. The van der Waals surface area contributed by atoms with Crippen molar-refractivity contribution in [1.29, 1.82) is 0 Å². The zero-order valence-corrected chi connectivity index (χ0v) is 14.0. The van der Waals surface area contributed by atoms with Crippen molar-refractivity contribution in [2.45, 2.75) is 39.3 Å². The number of carbonyl (C=O) groups excluding carboxylic acids is 1. The van der Waals surface area contributed by atoms with E-state index >= 15 is 0 Å². The van der Waals surface area contributed by atoms with Crippen LogP contribution in [0.3, 0.4) is 0 Å². The van der Waals surface area contributed by atoms with Gasteiger partial charge in [0.05, 0.1) is 0 Å². The maximum atomic E-state index is 12.7. The summed E-state index contributed by atoms with van der Waals surface area (Å²) in [5, 5.41) is 2.61. The summed E-state index contributed by atoms with van der Waals surface area (Å²) in [5.74, 6) is 0.00114. The van der Waals surface area contributed by atoms with Crippen LogP contribution in [0.25, 0.3) is 0 Å². The van der Waals surface area contributed by atoms with Crippen molar-refractivity contribution in [3.63, 3.8) is 0 Å². The summed E-state index contributed by atoms with van der Waals surface area (Å²) in [6.45, 7) is 5.20. The Morgan fingerprint density at radius 1 is 1.32 bits per heavy atom. The molecule has 1 unspecified atom stereocenters. The van der Waals surface area contributed by atoms with Crippen molar-refractivity contribution in [2.24, 2.45) is 5.73 Å². The van der Waals surface area contributed by atoms with Crippen molar-refractivity contribution in [3.8, 4) is 0 Å². The first kappa shape index (κ1) is 16.6. The Labute approximate surface area is 136 Å². The number of likely N-dealkylation sites (N-methyl/N-ethyl adjacent to an activating group) is 1. The Bertz CT molecular complexity index is 597. The van der Waals surface area contributed by atoms with Gasteiger partial charge < -0.3 is 10.6 Å². The van der Waals surface area contributed by atoms with E-state index in [0.29, 0.717) is 18.8 Å². The Morgan fingerprint density at radius 2 is 2.05 bits per heavy atom. The number of nitrogens with two attached hydrogens (primary N) is 1. The van der Waals surface area contributed by atoms with Crippen LogP contribution in [0.4, 0.5) is 0 Å². The third kappa shape index (κ3) is 3.93. The summed E-state index contributed by atoms with van der Waals surface area (Å²) >= 11 is 1.45. The molecule has 118 valence electrons. The lowest BCUT2D eigenvalue weighted by molar-refractivity contribution is 0.0678. The maximum absolute atomic E-state index is 12.7. The third-order valence-electron chi connectivity index (χ3n) is 3.77. The van der Waals surface area contributed by atoms with E-state index in [-0.39, 0.29) is 11.9 Å². The first-order chi connectivity index (χ1) is 10.7. The van der Waals surface area contributed by atoms with Crippen LogP contribution in [0.1, 0.15) is 41.3 Å². The molecule has 2 aromatic rings. The van der Waals surface area contributed by atoms with Crippen LogP contribution in [0.5, 0.6) is 0 Å². The minimum absolute atomic E-state index is 0.00114. The molecule has 1 aromatic carbocycles. The molecular weight excluding hydrogens is 294 g/mol. The molecule has 0 saturated heterocycles. The van der Waals surface area contributed by atoms with Gasteiger partial charge in [-0.3, -0.25) is 4.79 Å². The van der Waals surface area contributed by atoms with Crippen LogP contribution < -0.4 is 5.73 Å². The molecule has 0 bridgehead atoms. The lowest BCUT2D eigenvalue weighted by atomic mass is 10.0. The van der Waals surface area contributed by atoms with E-state index in [1.165, 1.54) is 16.9 Å². The number of nitrogens with zero attached hydrogens (tertiary/aromatic N) is 2. The second-order valence-electron chi connectivity index (χ2n) is 5.17. The molecule has 22 heavy (non-hydrogen) atoms. The highest BCUT2D eigenvalue weighted by atomic mass is 32.1. The highest BCUT2D eigenvalue weighted by molar-refractivity contribution is 7.09. The van der Waals surface area contributed by atoms with Crippen LogP contribution in [0.2, 0.25) is 0 Å².